The number of hydrogen-bond donors (Lipinski definition) is 1. The minimum Gasteiger partial charge on any atom is -0.394 e. The largest absolute Gasteiger partial charge is 0.394 e. The van der Waals surface area contributed by atoms with Crippen LogP contribution in [0.15, 0.2) is 48.9 Å². The van der Waals surface area contributed by atoms with Gasteiger partial charge in [0.2, 0.25) is 0 Å². The van der Waals surface area contributed by atoms with Crippen molar-refractivity contribution < 1.29 is 0 Å². The highest BCUT2D eigenvalue weighted by atomic mass is 15.3. The van der Waals surface area contributed by atoms with Crippen LogP contribution in [0.3, 0.4) is 0 Å². The molecule has 3 aromatic rings. The van der Waals surface area contributed by atoms with Crippen LogP contribution >= 0.6 is 0 Å². The lowest BCUT2D eigenvalue weighted by molar-refractivity contribution is 0.826. The van der Waals surface area contributed by atoms with Crippen molar-refractivity contribution in [3.63, 3.8) is 0 Å². The number of nitrogens with zero attached hydrogens (tertiary/aromatic N) is 3. The summed E-state index contributed by atoms with van der Waals surface area (Å²) in [7, 11) is 0. The topological polar surface area (TPSA) is 48.2 Å². The molecule has 1 aromatic carbocycles. The van der Waals surface area contributed by atoms with Gasteiger partial charge in [0.1, 0.15) is 0 Å². The molecule has 3 rings (SSSR count). The van der Waals surface area contributed by atoms with E-state index in [2.05, 4.69) is 21.8 Å². The zero-order chi connectivity index (χ0) is 11.0. The summed E-state index contributed by atoms with van der Waals surface area (Å²) in [5.74, 6) is 0. The average Bonchev–Trinajstić information content (AvgIpc) is 2.86. The van der Waals surface area contributed by atoms with Gasteiger partial charge in [-0.25, -0.2) is 4.52 Å². The summed E-state index contributed by atoms with van der Waals surface area (Å²) >= 11 is 0. The number of imidazole rings is 1. The summed E-state index contributed by atoms with van der Waals surface area (Å²) in [5.41, 5.74) is 8.78. The third-order valence-electron chi connectivity index (χ3n) is 2.65. The molecule has 0 fully saturated rings. The van der Waals surface area contributed by atoms with Gasteiger partial charge in [-0.2, -0.15) is 5.10 Å². The molecule has 0 amide bonds. The lowest BCUT2D eigenvalue weighted by Gasteiger charge is -2.03. The smallest absolute Gasteiger partial charge is 0.159 e. The molecule has 16 heavy (non-hydrogen) atoms. The maximum Gasteiger partial charge on any atom is 0.159 e. The molecular formula is C12H12N4. The zero-order valence-corrected chi connectivity index (χ0v) is 8.74. The highest BCUT2D eigenvalue weighted by Crippen LogP contribution is 2.15. The molecule has 0 spiro atoms. The second-order valence-electron chi connectivity index (χ2n) is 3.78. The standard InChI is InChI=1S/C12H12N4/c13-11-8-14-16-7-6-15(12(11)16)9-10-4-2-1-3-5-10/h1-8H,9,13H2. The van der Waals surface area contributed by atoms with Gasteiger partial charge in [0.25, 0.3) is 0 Å². The average molecular weight is 212 g/mol. The molecule has 0 aliphatic rings. The number of nitrogen functional groups attached to an aromatic ring is 1. The number of aromatic nitrogens is 3. The molecule has 0 saturated heterocycles. The van der Waals surface area contributed by atoms with Gasteiger partial charge in [-0.3, -0.25) is 0 Å². The zero-order valence-electron chi connectivity index (χ0n) is 8.74. The Morgan fingerprint density at radius 1 is 1.12 bits per heavy atom. The molecule has 0 bridgehead atoms. The summed E-state index contributed by atoms with van der Waals surface area (Å²) in [5, 5.41) is 4.15. The first-order chi connectivity index (χ1) is 7.84. The lowest BCUT2D eigenvalue weighted by atomic mass is 10.2. The van der Waals surface area contributed by atoms with Gasteiger partial charge in [-0.15, -0.1) is 0 Å². The number of hydrogen-bond acceptors (Lipinski definition) is 2. The van der Waals surface area contributed by atoms with Crippen LogP contribution in [-0.2, 0) is 6.54 Å². The fourth-order valence-corrected chi connectivity index (χ4v) is 1.90. The molecular weight excluding hydrogens is 200 g/mol. The third kappa shape index (κ3) is 1.35. The molecule has 0 atom stereocenters. The molecule has 0 radical (unpaired) electrons. The summed E-state index contributed by atoms with van der Waals surface area (Å²) in [6.45, 7) is 0.813. The molecule has 0 saturated carbocycles. The maximum absolute atomic E-state index is 5.87. The Balaban J connectivity index is 2.04. The fraction of sp³-hybridized carbons (Fsp3) is 0.0833. The number of nitrogens with two attached hydrogens (primary N) is 1. The molecule has 2 heterocycles. The number of fused-ring (bicyclic) bond motifs is 1. The molecule has 2 N–H and O–H groups in total. The van der Waals surface area contributed by atoms with Crippen LogP contribution < -0.4 is 5.73 Å². The number of rotatable bonds is 2. The van der Waals surface area contributed by atoms with Crippen LogP contribution in [0.5, 0.6) is 0 Å². The van der Waals surface area contributed by atoms with Crippen LogP contribution in [0.1, 0.15) is 5.56 Å². The van der Waals surface area contributed by atoms with Crippen molar-refractivity contribution in [2.24, 2.45) is 0 Å². The molecule has 80 valence electrons. The Kier molecular flexibility index (Phi) is 1.93. The summed E-state index contributed by atoms with van der Waals surface area (Å²) in [6, 6.07) is 10.3. The number of anilines is 1. The lowest BCUT2D eigenvalue weighted by Crippen LogP contribution is -1.99. The summed E-state index contributed by atoms with van der Waals surface area (Å²) in [6.07, 6.45) is 5.58. The van der Waals surface area contributed by atoms with Gasteiger partial charge >= 0.3 is 0 Å². The predicted octanol–water partition coefficient (Wildman–Crippen LogP) is 1.77. The first-order valence-corrected chi connectivity index (χ1v) is 5.16. The maximum atomic E-state index is 5.87. The number of benzene rings is 1. The second kappa shape index (κ2) is 3.41. The van der Waals surface area contributed by atoms with Crippen molar-refractivity contribution in [3.05, 3.63) is 54.5 Å². The fourth-order valence-electron chi connectivity index (χ4n) is 1.90. The van der Waals surface area contributed by atoms with Crippen molar-refractivity contribution in [2.45, 2.75) is 6.54 Å². The SMILES string of the molecule is Nc1cnn2ccn(Cc3ccccc3)c12. The quantitative estimate of drug-likeness (QED) is 0.703. The van der Waals surface area contributed by atoms with Crippen molar-refractivity contribution in [1.82, 2.24) is 14.2 Å². The van der Waals surface area contributed by atoms with E-state index in [9.17, 15) is 0 Å². The molecule has 0 aliphatic heterocycles. The Bertz CT molecular complexity index is 606. The predicted molar refractivity (Wildman–Crippen MR) is 63.1 cm³/mol. The van der Waals surface area contributed by atoms with E-state index >= 15 is 0 Å². The van der Waals surface area contributed by atoms with Gasteiger partial charge in [-0.1, -0.05) is 30.3 Å². The Morgan fingerprint density at radius 3 is 2.75 bits per heavy atom. The van der Waals surface area contributed by atoms with Crippen LogP contribution in [0.4, 0.5) is 5.69 Å². The third-order valence-corrected chi connectivity index (χ3v) is 2.65. The van der Waals surface area contributed by atoms with Crippen LogP contribution in [0.2, 0.25) is 0 Å². The van der Waals surface area contributed by atoms with E-state index in [4.69, 9.17) is 5.73 Å². The highest BCUT2D eigenvalue weighted by molar-refractivity contribution is 5.64. The normalized spacial score (nSPS) is 11.0. The molecule has 0 unspecified atom stereocenters. The van der Waals surface area contributed by atoms with Crippen molar-refractivity contribution in [1.29, 1.82) is 0 Å². The summed E-state index contributed by atoms with van der Waals surface area (Å²) in [4.78, 5) is 0. The first-order valence-electron chi connectivity index (χ1n) is 5.16. The monoisotopic (exact) mass is 212 g/mol. The van der Waals surface area contributed by atoms with Gasteiger partial charge in [0.05, 0.1) is 11.9 Å². The van der Waals surface area contributed by atoms with E-state index in [1.165, 1.54) is 5.56 Å². The summed E-state index contributed by atoms with van der Waals surface area (Å²) < 4.78 is 3.88. The molecule has 2 aromatic heterocycles. The van der Waals surface area contributed by atoms with Crippen LogP contribution in [0, 0.1) is 0 Å². The molecule has 4 nitrogen and oxygen atoms in total. The minimum atomic E-state index is 0.709. The molecule has 4 heteroatoms. The van der Waals surface area contributed by atoms with Crippen molar-refractivity contribution >= 4 is 11.3 Å². The van der Waals surface area contributed by atoms with Crippen LogP contribution in [-0.4, -0.2) is 14.2 Å². The van der Waals surface area contributed by atoms with E-state index < -0.39 is 0 Å². The first kappa shape index (κ1) is 9.03. The second-order valence-corrected chi connectivity index (χ2v) is 3.78. The van der Waals surface area contributed by atoms with Gasteiger partial charge < -0.3 is 10.3 Å². The Morgan fingerprint density at radius 2 is 1.94 bits per heavy atom. The van der Waals surface area contributed by atoms with E-state index in [0.717, 1.165) is 12.2 Å². The Hall–Kier alpha value is -2.23. The van der Waals surface area contributed by atoms with Crippen molar-refractivity contribution in [3.8, 4) is 0 Å². The van der Waals surface area contributed by atoms with E-state index in [1.54, 1.807) is 10.7 Å². The van der Waals surface area contributed by atoms with Crippen molar-refractivity contribution in [2.75, 3.05) is 5.73 Å². The van der Waals surface area contributed by atoms with Gasteiger partial charge in [0.15, 0.2) is 5.65 Å². The van der Waals surface area contributed by atoms with Crippen LogP contribution in [0.25, 0.3) is 5.65 Å². The highest BCUT2D eigenvalue weighted by Gasteiger charge is 2.06. The van der Waals surface area contributed by atoms with E-state index in [-0.39, 0.29) is 0 Å². The Labute approximate surface area is 92.9 Å². The van der Waals surface area contributed by atoms with Gasteiger partial charge in [0, 0.05) is 18.9 Å². The van der Waals surface area contributed by atoms with Gasteiger partial charge in [-0.05, 0) is 5.56 Å². The minimum absolute atomic E-state index is 0.709. The van der Waals surface area contributed by atoms with E-state index in [0.29, 0.717) is 5.69 Å². The molecule has 0 aliphatic carbocycles. The van der Waals surface area contributed by atoms with E-state index in [1.807, 2.05) is 30.6 Å².